The van der Waals surface area contributed by atoms with E-state index in [4.69, 9.17) is 0 Å². The molecule has 1 N–H and O–H groups in total. The predicted molar refractivity (Wildman–Crippen MR) is 132 cm³/mol. The van der Waals surface area contributed by atoms with Crippen LogP contribution in [0.5, 0.6) is 0 Å². The van der Waals surface area contributed by atoms with Crippen LogP contribution in [-0.4, -0.2) is 29.8 Å². The highest BCUT2D eigenvalue weighted by Crippen LogP contribution is 2.36. The first-order chi connectivity index (χ1) is 16.1. The van der Waals surface area contributed by atoms with E-state index < -0.39 is 5.41 Å². The van der Waals surface area contributed by atoms with Crippen LogP contribution in [0.2, 0.25) is 0 Å². The molecular formula is C29H30N2O2. The minimum absolute atomic E-state index is 0.00291. The van der Waals surface area contributed by atoms with E-state index in [1.807, 2.05) is 89.8 Å². The van der Waals surface area contributed by atoms with Crippen LogP contribution in [-0.2, 0) is 22.6 Å². The maximum absolute atomic E-state index is 13.5. The lowest BCUT2D eigenvalue weighted by molar-refractivity contribution is -0.138. The van der Waals surface area contributed by atoms with Crippen molar-refractivity contribution in [3.05, 3.63) is 114 Å². The minimum Gasteiger partial charge on any atom is -0.352 e. The lowest BCUT2D eigenvalue weighted by Crippen LogP contribution is -2.51. The standard InChI is InChI=1S/C29H30N2O2/c32-27(17-16-24-10-4-1-5-11-24)31-20-18-29(19-21-31,22-25-12-6-2-7-13-25)28(33)30-23-26-14-8-3-9-15-26/h1-17H,18-23H2,(H,30,33). The van der Waals surface area contributed by atoms with E-state index in [2.05, 4.69) is 17.4 Å². The number of hydrogen-bond donors (Lipinski definition) is 1. The summed E-state index contributed by atoms with van der Waals surface area (Å²) in [6.45, 7) is 1.66. The fraction of sp³-hybridized carbons (Fsp3) is 0.241. The Bertz CT molecular complexity index is 1070. The van der Waals surface area contributed by atoms with E-state index in [0.717, 1.165) is 16.7 Å². The Balaban J connectivity index is 1.44. The largest absolute Gasteiger partial charge is 0.352 e. The van der Waals surface area contributed by atoms with Gasteiger partial charge < -0.3 is 10.2 Å². The van der Waals surface area contributed by atoms with Crippen LogP contribution in [0, 0.1) is 5.41 Å². The summed E-state index contributed by atoms with van der Waals surface area (Å²) < 4.78 is 0. The number of amides is 2. The van der Waals surface area contributed by atoms with Gasteiger partial charge in [-0.1, -0.05) is 91.0 Å². The molecule has 4 rings (SSSR count). The Morgan fingerprint density at radius 3 is 1.94 bits per heavy atom. The van der Waals surface area contributed by atoms with E-state index in [1.165, 1.54) is 0 Å². The molecule has 3 aromatic rings. The summed E-state index contributed by atoms with van der Waals surface area (Å²) in [5, 5.41) is 3.16. The van der Waals surface area contributed by atoms with E-state index in [-0.39, 0.29) is 11.8 Å². The lowest BCUT2D eigenvalue weighted by Gasteiger charge is -2.40. The molecule has 4 nitrogen and oxygen atoms in total. The van der Waals surface area contributed by atoms with E-state index in [0.29, 0.717) is 38.9 Å². The fourth-order valence-electron chi connectivity index (χ4n) is 4.43. The van der Waals surface area contributed by atoms with Gasteiger partial charge in [-0.05, 0) is 42.0 Å². The highest BCUT2D eigenvalue weighted by atomic mass is 16.2. The third kappa shape index (κ3) is 5.98. The molecule has 0 spiro atoms. The van der Waals surface area contributed by atoms with Gasteiger partial charge in [0.25, 0.3) is 0 Å². The van der Waals surface area contributed by atoms with E-state index >= 15 is 0 Å². The summed E-state index contributed by atoms with van der Waals surface area (Å²) in [5.74, 6) is 0.0685. The molecule has 0 saturated carbocycles. The summed E-state index contributed by atoms with van der Waals surface area (Å²) in [6.07, 6.45) is 5.45. The van der Waals surface area contributed by atoms with Gasteiger partial charge in [-0.2, -0.15) is 0 Å². The summed E-state index contributed by atoms with van der Waals surface area (Å²) in [7, 11) is 0. The smallest absolute Gasteiger partial charge is 0.246 e. The second-order valence-corrected chi connectivity index (χ2v) is 8.68. The first-order valence-electron chi connectivity index (χ1n) is 11.5. The zero-order valence-electron chi connectivity index (χ0n) is 18.8. The third-order valence-electron chi connectivity index (χ3n) is 6.41. The molecule has 4 heteroatoms. The van der Waals surface area contributed by atoms with Crippen molar-refractivity contribution >= 4 is 17.9 Å². The maximum atomic E-state index is 13.5. The van der Waals surface area contributed by atoms with Crippen LogP contribution >= 0.6 is 0 Å². The molecule has 0 aliphatic carbocycles. The molecule has 33 heavy (non-hydrogen) atoms. The zero-order chi connectivity index (χ0) is 22.9. The number of nitrogens with one attached hydrogen (secondary N) is 1. The monoisotopic (exact) mass is 438 g/mol. The summed E-state index contributed by atoms with van der Waals surface area (Å²) >= 11 is 0. The van der Waals surface area contributed by atoms with E-state index in [9.17, 15) is 9.59 Å². The van der Waals surface area contributed by atoms with E-state index in [1.54, 1.807) is 6.08 Å². The van der Waals surface area contributed by atoms with Gasteiger partial charge in [0.2, 0.25) is 11.8 Å². The van der Waals surface area contributed by atoms with Gasteiger partial charge in [-0.15, -0.1) is 0 Å². The first-order valence-corrected chi connectivity index (χ1v) is 11.5. The highest BCUT2D eigenvalue weighted by molar-refractivity contribution is 5.92. The van der Waals surface area contributed by atoms with Crippen LogP contribution in [0.15, 0.2) is 97.1 Å². The molecule has 2 amide bonds. The second kappa shape index (κ2) is 10.8. The number of rotatable bonds is 7. The van der Waals surface area contributed by atoms with Gasteiger partial charge >= 0.3 is 0 Å². The number of piperidine rings is 1. The quantitative estimate of drug-likeness (QED) is 0.535. The van der Waals surface area contributed by atoms with Crippen molar-refractivity contribution in [2.45, 2.75) is 25.8 Å². The van der Waals surface area contributed by atoms with Crippen molar-refractivity contribution < 1.29 is 9.59 Å². The van der Waals surface area contributed by atoms with Crippen LogP contribution in [0.25, 0.3) is 6.08 Å². The lowest BCUT2D eigenvalue weighted by atomic mass is 9.73. The molecule has 3 aromatic carbocycles. The number of carbonyl (C=O) groups is 2. The first kappa shape index (κ1) is 22.5. The Kier molecular flexibility index (Phi) is 7.36. The minimum atomic E-state index is -0.518. The number of nitrogens with zero attached hydrogens (tertiary/aromatic N) is 1. The molecule has 1 saturated heterocycles. The summed E-state index contributed by atoms with van der Waals surface area (Å²) in [6, 6.07) is 30.0. The fourth-order valence-corrected chi connectivity index (χ4v) is 4.43. The van der Waals surface area contributed by atoms with Gasteiger partial charge in [-0.25, -0.2) is 0 Å². The van der Waals surface area contributed by atoms with Gasteiger partial charge in [0, 0.05) is 25.7 Å². The molecule has 0 aromatic heterocycles. The van der Waals surface area contributed by atoms with Crippen LogP contribution in [0.1, 0.15) is 29.5 Å². The van der Waals surface area contributed by atoms with Crippen molar-refractivity contribution in [2.24, 2.45) is 5.41 Å². The molecule has 0 unspecified atom stereocenters. The predicted octanol–water partition coefficient (Wildman–Crippen LogP) is 4.87. The Labute approximate surface area is 195 Å². The molecule has 0 atom stereocenters. The van der Waals surface area contributed by atoms with Crippen LogP contribution in [0.3, 0.4) is 0 Å². The second-order valence-electron chi connectivity index (χ2n) is 8.68. The molecule has 0 bridgehead atoms. The number of benzene rings is 3. The SMILES string of the molecule is O=C(C=Cc1ccccc1)N1CCC(Cc2ccccc2)(C(=O)NCc2ccccc2)CC1. The van der Waals surface area contributed by atoms with Gasteiger partial charge in [0.1, 0.15) is 0 Å². The Morgan fingerprint density at radius 1 is 0.788 bits per heavy atom. The average molecular weight is 439 g/mol. The third-order valence-corrected chi connectivity index (χ3v) is 6.41. The zero-order valence-corrected chi connectivity index (χ0v) is 18.8. The molecule has 168 valence electrons. The highest BCUT2D eigenvalue weighted by Gasteiger charge is 2.41. The van der Waals surface area contributed by atoms with Gasteiger partial charge in [0.15, 0.2) is 0 Å². The average Bonchev–Trinajstić information content (AvgIpc) is 2.88. The molecule has 0 radical (unpaired) electrons. The summed E-state index contributed by atoms with van der Waals surface area (Å²) in [5.41, 5.74) is 2.72. The molecule has 1 fully saturated rings. The topological polar surface area (TPSA) is 49.4 Å². The van der Waals surface area contributed by atoms with Crippen molar-refractivity contribution in [1.29, 1.82) is 0 Å². The number of carbonyl (C=O) groups excluding carboxylic acids is 2. The molecular weight excluding hydrogens is 408 g/mol. The molecule has 1 aliphatic heterocycles. The number of hydrogen-bond acceptors (Lipinski definition) is 2. The van der Waals surface area contributed by atoms with Crippen molar-refractivity contribution in [3.8, 4) is 0 Å². The summed E-state index contributed by atoms with van der Waals surface area (Å²) in [4.78, 5) is 28.1. The number of likely N-dealkylation sites (tertiary alicyclic amines) is 1. The van der Waals surface area contributed by atoms with Crippen molar-refractivity contribution in [3.63, 3.8) is 0 Å². The van der Waals surface area contributed by atoms with Gasteiger partial charge in [0.05, 0.1) is 5.41 Å². The maximum Gasteiger partial charge on any atom is 0.246 e. The van der Waals surface area contributed by atoms with Crippen molar-refractivity contribution in [1.82, 2.24) is 10.2 Å². The van der Waals surface area contributed by atoms with Crippen LogP contribution in [0.4, 0.5) is 0 Å². The molecule has 1 heterocycles. The Morgan fingerprint density at radius 2 is 1.33 bits per heavy atom. The van der Waals surface area contributed by atoms with Crippen molar-refractivity contribution in [2.75, 3.05) is 13.1 Å². The Hall–Kier alpha value is -3.66. The molecule has 1 aliphatic rings. The normalized spacial score (nSPS) is 15.3. The van der Waals surface area contributed by atoms with Gasteiger partial charge in [-0.3, -0.25) is 9.59 Å². The van der Waals surface area contributed by atoms with Crippen LogP contribution < -0.4 is 5.32 Å².